The van der Waals surface area contributed by atoms with Crippen LogP contribution in [0.25, 0.3) is 0 Å². The minimum atomic E-state index is -1.05. The highest BCUT2D eigenvalue weighted by molar-refractivity contribution is 14.1. The van der Waals surface area contributed by atoms with Crippen LogP contribution in [-0.2, 0) is 4.79 Å². The smallest absolute Gasteiger partial charge is 0.314 e. The Bertz CT molecular complexity index is 387. The van der Waals surface area contributed by atoms with Crippen LogP contribution < -0.4 is 0 Å². The number of aliphatic carboxylic acids is 1. The van der Waals surface area contributed by atoms with Crippen molar-refractivity contribution in [3.05, 3.63) is 33.4 Å². The van der Waals surface area contributed by atoms with Crippen LogP contribution >= 0.6 is 22.6 Å². The maximum atomic E-state index is 11.9. The summed E-state index contributed by atoms with van der Waals surface area (Å²) in [4.78, 5) is 22.7. The van der Waals surface area contributed by atoms with Gasteiger partial charge in [-0.15, -0.1) is 0 Å². The molecule has 0 aliphatic heterocycles. The number of carbonyl (C=O) groups excluding carboxylic acids is 1. The van der Waals surface area contributed by atoms with E-state index in [-0.39, 0.29) is 5.78 Å². The Kier molecular flexibility index (Phi) is 4.26. The summed E-state index contributed by atoms with van der Waals surface area (Å²) in [7, 11) is 0. The van der Waals surface area contributed by atoms with E-state index in [0.717, 1.165) is 3.57 Å². The molecule has 1 rings (SSSR count). The Morgan fingerprint density at radius 1 is 1.40 bits per heavy atom. The number of carboxylic acid groups (broad SMARTS) is 1. The number of carboxylic acids is 1. The van der Waals surface area contributed by atoms with Gasteiger partial charge in [0.25, 0.3) is 0 Å². The number of Topliss-reactive ketones (excluding diaryl/α,β-unsaturated/α-hetero) is 1. The summed E-state index contributed by atoms with van der Waals surface area (Å²) < 4.78 is 0.791. The molecule has 0 aromatic heterocycles. The van der Waals surface area contributed by atoms with Crippen LogP contribution in [0.3, 0.4) is 0 Å². The summed E-state index contributed by atoms with van der Waals surface area (Å²) in [6.07, 6.45) is 0.319. The van der Waals surface area contributed by atoms with Crippen molar-refractivity contribution < 1.29 is 14.7 Å². The van der Waals surface area contributed by atoms with E-state index in [0.29, 0.717) is 12.0 Å². The number of hydrogen-bond donors (Lipinski definition) is 1. The summed E-state index contributed by atoms with van der Waals surface area (Å²) >= 11 is 2.03. The Morgan fingerprint density at radius 2 is 2.00 bits per heavy atom. The Hall–Kier alpha value is -0.910. The third-order valence-electron chi connectivity index (χ3n) is 2.16. The summed E-state index contributed by atoms with van der Waals surface area (Å²) in [5.74, 6) is -2.29. The number of hydrogen-bond acceptors (Lipinski definition) is 2. The van der Waals surface area contributed by atoms with Gasteiger partial charge in [-0.25, -0.2) is 0 Å². The maximum absolute atomic E-state index is 11.9. The lowest BCUT2D eigenvalue weighted by molar-refractivity contribution is -0.140. The highest BCUT2D eigenvalue weighted by Gasteiger charge is 2.26. The lowest BCUT2D eigenvalue weighted by Gasteiger charge is -2.09. The van der Waals surface area contributed by atoms with E-state index in [2.05, 4.69) is 0 Å². The number of benzene rings is 1. The summed E-state index contributed by atoms with van der Waals surface area (Å²) in [6.45, 7) is 1.70. The van der Waals surface area contributed by atoms with Gasteiger partial charge in [-0.3, -0.25) is 9.59 Å². The molecule has 1 atom stereocenters. The average Bonchev–Trinajstić information content (AvgIpc) is 2.18. The molecule has 3 nitrogen and oxygen atoms in total. The Balaban J connectivity index is 3.03. The second-order valence-corrected chi connectivity index (χ2v) is 4.31. The molecule has 4 heteroatoms. The lowest BCUT2D eigenvalue weighted by atomic mass is 9.95. The van der Waals surface area contributed by atoms with Gasteiger partial charge in [-0.2, -0.15) is 0 Å². The van der Waals surface area contributed by atoms with Crippen molar-refractivity contribution in [2.75, 3.05) is 0 Å². The molecule has 0 aliphatic carbocycles. The third kappa shape index (κ3) is 2.77. The molecule has 0 radical (unpaired) electrons. The molecule has 0 saturated carbocycles. The zero-order valence-corrected chi connectivity index (χ0v) is 10.4. The Morgan fingerprint density at radius 3 is 2.47 bits per heavy atom. The van der Waals surface area contributed by atoms with E-state index >= 15 is 0 Å². The fourth-order valence-electron chi connectivity index (χ4n) is 1.32. The highest BCUT2D eigenvalue weighted by atomic mass is 127. The summed E-state index contributed by atoms with van der Waals surface area (Å²) in [6, 6.07) is 7.02. The largest absolute Gasteiger partial charge is 0.481 e. The molecule has 0 heterocycles. The quantitative estimate of drug-likeness (QED) is 0.527. The van der Waals surface area contributed by atoms with Gasteiger partial charge in [0.05, 0.1) is 0 Å². The van der Waals surface area contributed by atoms with Crippen molar-refractivity contribution in [1.82, 2.24) is 0 Å². The molecule has 1 aromatic carbocycles. The molecule has 0 aliphatic rings. The molecule has 0 amide bonds. The van der Waals surface area contributed by atoms with Gasteiger partial charge in [-0.05, 0) is 35.1 Å². The number of rotatable bonds is 4. The molecule has 1 unspecified atom stereocenters. The van der Waals surface area contributed by atoms with Crippen molar-refractivity contribution in [3.63, 3.8) is 0 Å². The van der Waals surface area contributed by atoms with Crippen LogP contribution in [0.2, 0.25) is 0 Å². The van der Waals surface area contributed by atoms with Crippen LogP contribution in [0.5, 0.6) is 0 Å². The standard InChI is InChI=1S/C11H11IO3/c1-2-7(11(14)15)10(13)8-5-3-4-6-9(8)12/h3-7H,2H2,1H3,(H,14,15). The fraction of sp³-hybridized carbons (Fsp3) is 0.273. The van der Waals surface area contributed by atoms with E-state index in [4.69, 9.17) is 5.11 Å². The van der Waals surface area contributed by atoms with Gasteiger partial charge in [0, 0.05) is 9.13 Å². The van der Waals surface area contributed by atoms with Crippen molar-refractivity contribution in [1.29, 1.82) is 0 Å². The predicted octanol–water partition coefficient (Wildman–Crippen LogP) is 2.58. The SMILES string of the molecule is CCC(C(=O)O)C(=O)c1ccccc1I. The van der Waals surface area contributed by atoms with Crippen LogP contribution in [0.1, 0.15) is 23.7 Å². The van der Waals surface area contributed by atoms with Crippen LogP contribution in [0.4, 0.5) is 0 Å². The van der Waals surface area contributed by atoms with Gasteiger partial charge < -0.3 is 5.11 Å². The van der Waals surface area contributed by atoms with E-state index in [1.54, 1.807) is 25.1 Å². The van der Waals surface area contributed by atoms with E-state index in [1.807, 2.05) is 28.7 Å². The molecule has 1 N–H and O–H groups in total. The highest BCUT2D eigenvalue weighted by Crippen LogP contribution is 2.18. The molecule has 80 valence electrons. The van der Waals surface area contributed by atoms with Crippen molar-refractivity contribution in [3.8, 4) is 0 Å². The Labute approximate surface area is 102 Å². The first-order chi connectivity index (χ1) is 7.07. The zero-order valence-electron chi connectivity index (χ0n) is 8.24. The zero-order chi connectivity index (χ0) is 11.4. The first-order valence-electron chi connectivity index (χ1n) is 4.59. The topological polar surface area (TPSA) is 54.4 Å². The van der Waals surface area contributed by atoms with E-state index < -0.39 is 11.9 Å². The van der Waals surface area contributed by atoms with Crippen molar-refractivity contribution >= 4 is 34.3 Å². The van der Waals surface area contributed by atoms with Crippen molar-refractivity contribution in [2.45, 2.75) is 13.3 Å². The third-order valence-corrected chi connectivity index (χ3v) is 3.10. The van der Waals surface area contributed by atoms with E-state index in [1.165, 1.54) is 0 Å². The lowest BCUT2D eigenvalue weighted by Crippen LogP contribution is -2.23. The second-order valence-electron chi connectivity index (χ2n) is 3.14. The molecular formula is C11H11IO3. The first kappa shape index (κ1) is 12.2. The van der Waals surface area contributed by atoms with Crippen LogP contribution in [0, 0.1) is 9.49 Å². The van der Waals surface area contributed by atoms with E-state index in [9.17, 15) is 9.59 Å². The minimum absolute atomic E-state index is 0.310. The average molecular weight is 318 g/mol. The molecule has 0 fully saturated rings. The second kappa shape index (κ2) is 5.25. The predicted molar refractivity (Wildman–Crippen MR) is 64.9 cm³/mol. The monoisotopic (exact) mass is 318 g/mol. The van der Waals surface area contributed by atoms with Crippen molar-refractivity contribution in [2.24, 2.45) is 5.92 Å². The molecule has 1 aromatic rings. The minimum Gasteiger partial charge on any atom is -0.481 e. The van der Waals surface area contributed by atoms with Crippen LogP contribution in [0.15, 0.2) is 24.3 Å². The van der Waals surface area contributed by atoms with Gasteiger partial charge in [0.2, 0.25) is 0 Å². The number of halogens is 1. The molecule has 0 saturated heterocycles. The number of carbonyl (C=O) groups is 2. The molecular weight excluding hydrogens is 307 g/mol. The summed E-state index contributed by atoms with van der Waals surface area (Å²) in [5, 5.41) is 8.87. The molecule has 15 heavy (non-hydrogen) atoms. The normalized spacial score (nSPS) is 12.1. The van der Waals surface area contributed by atoms with Gasteiger partial charge in [0.1, 0.15) is 5.92 Å². The summed E-state index contributed by atoms with van der Waals surface area (Å²) in [5.41, 5.74) is 0.493. The first-order valence-corrected chi connectivity index (χ1v) is 5.67. The van der Waals surface area contributed by atoms with Crippen LogP contribution in [-0.4, -0.2) is 16.9 Å². The molecule has 0 bridgehead atoms. The van der Waals surface area contributed by atoms with Gasteiger partial charge in [-0.1, -0.05) is 25.1 Å². The fourth-order valence-corrected chi connectivity index (χ4v) is 1.97. The maximum Gasteiger partial charge on any atom is 0.314 e. The van der Waals surface area contributed by atoms with Gasteiger partial charge >= 0.3 is 5.97 Å². The molecule has 0 spiro atoms. The van der Waals surface area contributed by atoms with Gasteiger partial charge in [0.15, 0.2) is 5.78 Å². The number of ketones is 1.